The molecule has 3 unspecified atom stereocenters. The van der Waals surface area contributed by atoms with Crippen LogP contribution in [0.2, 0.25) is 0 Å². The maximum atomic E-state index is 13.9. The number of halogens is 2. The summed E-state index contributed by atoms with van der Waals surface area (Å²) in [6.45, 7) is 5.13. The monoisotopic (exact) mass is 250 g/mol. The average molecular weight is 250 g/mol. The third-order valence-electron chi connectivity index (χ3n) is 3.76. The van der Waals surface area contributed by atoms with E-state index in [9.17, 15) is 18.7 Å². The highest BCUT2D eigenvalue weighted by Crippen LogP contribution is 2.45. The molecule has 1 N–H and O–H groups in total. The van der Waals surface area contributed by atoms with Crippen molar-refractivity contribution in [2.45, 2.75) is 51.6 Å². The van der Waals surface area contributed by atoms with Crippen molar-refractivity contribution in [1.29, 1.82) is 0 Å². The Hall–Kier alpha value is -0.710. The first-order valence-electron chi connectivity index (χ1n) is 6.02. The van der Waals surface area contributed by atoms with Crippen molar-refractivity contribution >= 4 is 5.97 Å². The lowest BCUT2D eigenvalue weighted by Gasteiger charge is -2.42. The van der Waals surface area contributed by atoms with Crippen molar-refractivity contribution in [1.82, 2.24) is 0 Å². The maximum absolute atomic E-state index is 13.9. The Morgan fingerprint density at radius 1 is 1.47 bits per heavy atom. The number of carbonyl (C=O) groups is 1. The SMILES string of the molecule is CCOC(=O)C(F)(F)C1(O)CCC(C)C(C)C1. The highest BCUT2D eigenvalue weighted by Gasteiger charge is 2.60. The first-order valence-corrected chi connectivity index (χ1v) is 6.02. The van der Waals surface area contributed by atoms with Gasteiger partial charge in [0.05, 0.1) is 6.61 Å². The van der Waals surface area contributed by atoms with Crippen LogP contribution >= 0.6 is 0 Å². The van der Waals surface area contributed by atoms with Crippen LogP contribution in [0.4, 0.5) is 8.78 Å². The molecule has 0 heterocycles. The smallest absolute Gasteiger partial charge is 0.380 e. The number of hydrogen-bond acceptors (Lipinski definition) is 3. The van der Waals surface area contributed by atoms with Gasteiger partial charge in [-0.05, 0) is 38.0 Å². The summed E-state index contributed by atoms with van der Waals surface area (Å²) < 4.78 is 32.0. The van der Waals surface area contributed by atoms with Crippen molar-refractivity contribution in [3.05, 3.63) is 0 Å². The van der Waals surface area contributed by atoms with E-state index in [0.717, 1.165) is 0 Å². The summed E-state index contributed by atoms with van der Waals surface area (Å²) >= 11 is 0. The van der Waals surface area contributed by atoms with Gasteiger partial charge in [0.2, 0.25) is 0 Å². The molecule has 0 spiro atoms. The molecular formula is C12H20F2O3. The summed E-state index contributed by atoms with van der Waals surface area (Å²) in [5.74, 6) is -5.19. The Kier molecular flexibility index (Phi) is 4.12. The van der Waals surface area contributed by atoms with Crippen LogP contribution in [0.3, 0.4) is 0 Å². The van der Waals surface area contributed by atoms with Crippen molar-refractivity contribution in [3.8, 4) is 0 Å². The summed E-state index contributed by atoms with van der Waals surface area (Å²) in [5, 5.41) is 10.0. The van der Waals surface area contributed by atoms with Crippen LogP contribution in [0, 0.1) is 11.8 Å². The molecule has 1 aliphatic rings. The highest BCUT2D eigenvalue weighted by molar-refractivity contribution is 5.79. The van der Waals surface area contributed by atoms with Gasteiger partial charge in [0.25, 0.3) is 0 Å². The molecule has 0 bridgehead atoms. The second kappa shape index (κ2) is 4.88. The van der Waals surface area contributed by atoms with Gasteiger partial charge in [0.15, 0.2) is 0 Å². The molecule has 3 atom stereocenters. The molecular weight excluding hydrogens is 230 g/mol. The van der Waals surface area contributed by atoms with Crippen molar-refractivity contribution in [2.75, 3.05) is 6.61 Å². The van der Waals surface area contributed by atoms with Crippen LogP contribution in [-0.4, -0.2) is 29.2 Å². The topological polar surface area (TPSA) is 46.5 Å². The fourth-order valence-corrected chi connectivity index (χ4v) is 2.28. The number of esters is 1. The number of carbonyl (C=O) groups excluding carboxylic acids is 1. The molecule has 0 saturated heterocycles. The van der Waals surface area contributed by atoms with Gasteiger partial charge in [-0.15, -0.1) is 0 Å². The molecule has 0 radical (unpaired) electrons. The van der Waals surface area contributed by atoms with Crippen molar-refractivity contribution in [3.63, 3.8) is 0 Å². The predicted molar refractivity (Wildman–Crippen MR) is 58.7 cm³/mol. The van der Waals surface area contributed by atoms with Crippen LogP contribution in [0.5, 0.6) is 0 Å². The van der Waals surface area contributed by atoms with Gasteiger partial charge in [0.1, 0.15) is 5.60 Å². The van der Waals surface area contributed by atoms with E-state index in [1.165, 1.54) is 6.92 Å². The quantitative estimate of drug-likeness (QED) is 0.782. The maximum Gasteiger partial charge on any atom is 0.380 e. The minimum atomic E-state index is -3.82. The van der Waals surface area contributed by atoms with E-state index in [2.05, 4.69) is 4.74 Å². The summed E-state index contributed by atoms with van der Waals surface area (Å²) in [7, 11) is 0. The lowest BCUT2D eigenvalue weighted by atomic mass is 9.70. The fraction of sp³-hybridized carbons (Fsp3) is 0.917. The van der Waals surface area contributed by atoms with Crippen LogP contribution in [-0.2, 0) is 9.53 Å². The second-order valence-electron chi connectivity index (χ2n) is 5.02. The molecule has 1 fully saturated rings. The second-order valence-corrected chi connectivity index (χ2v) is 5.02. The fourth-order valence-electron chi connectivity index (χ4n) is 2.28. The molecule has 0 aromatic heterocycles. The van der Waals surface area contributed by atoms with Gasteiger partial charge in [-0.25, -0.2) is 4.79 Å². The molecule has 3 nitrogen and oxygen atoms in total. The Bertz CT molecular complexity index is 293. The minimum absolute atomic E-state index is 0.0333. The van der Waals surface area contributed by atoms with Crippen LogP contribution < -0.4 is 0 Å². The molecule has 0 aromatic rings. The Morgan fingerprint density at radius 3 is 2.53 bits per heavy atom. The van der Waals surface area contributed by atoms with Gasteiger partial charge in [-0.3, -0.25) is 0 Å². The van der Waals surface area contributed by atoms with E-state index in [0.29, 0.717) is 6.42 Å². The van der Waals surface area contributed by atoms with Crippen molar-refractivity contribution < 1.29 is 23.4 Å². The van der Waals surface area contributed by atoms with E-state index in [4.69, 9.17) is 0 Å². The van der Waals surface area contributed by atoms with Crippen molar-refractivity contribution in [2.24, 2.45) is 11.8 Å². The summed E-state index contributed by atoms with van der Waals surface area (Å²) in [4.78, 5) is 11.2. The number of hydrogen-bond donors (Lipinski definition) is 1. The van der Waals surface area contributed by atoms with E-state index in [1.54, 1.807) is 0 Å². The molecule has 100 valence electrons. The van der Waals surface area contributed by atoms with E-state index < -0.39 is 17.5 Å². The van der Waals surface area contributed by atoms with Gasteiger partial charge >= 0.3 is 11.9 Å². The van der Waals surface area contributed by atoms with Gasteiger partial charge in [-0.1, -0.05) is 13.8 Å². The Labute approximate surface area is 100 Å². The normalized spacial score (nSPS) is 34.5. The zero-order valence-corrected chi connectivity index (χ0v) is 10.5. The van der Waals surface area contributed by atoms with Crippen LogP contribution in [0.25, 0.3) is 0 Å². The number of aliphatic hydroxyl groups is 1. The standard InChI is InChI=1S/C12H20F2O3/c1-4-17-10(15)12(13,14)11(16)6-5-8(2)9(3)7-11/h8-9,16H,4-7H2,1-3H3. The molecule has 17 heavy (non-hydrogen) atoms. The molecule has 5 heteroatoms. The predicted octanol–water partition coefficient (Wildman–Crippen LogP) is 2.37. The summed E-state index contributed by atoms with van der Waals surface area (Å²) in [6.07, 6.45) is 0.358. The van der Waals surface area contributed by atoms with E-state index in [-0.39, 0.29) is 31.3 Å². The lowest BCUT2D eigenvalue weighted by molar-refractivity contribution is -0.225. The number of ether oxygens (including phenoxy) is 1. The van der Waals surface area contributed by atoms with Crippen LogP contribution in [0.15, 0.2) is 0 Å². The first kappa shape index (κ1) is 14.4. The van der Waals surface area contributed by atoms with E-state index >= 15 is 0 Å². The van der Waals surface area contributed by atoms with Gasteiger partial charge in [0, 0.05) is 0 Å². The van der Waals surface area contributed by atoms with Crippen LogP contribution in [0.1, 0.15) is 40.0 Å². The third kappa shape index (κ3) is 2.59. The lowest BCUT2D eigenvalue weighted by Crippen LogP contribution is -2.56. The molecule has 1 rings (SSSR count). The summed E-state index contributed by atoms with van der Waals surface area (Å²) in [5.41, 5.74) is -2.26. The minimum Gasteiger partial charge on any atom is -0.461 e. The highest BCUT2D eigenvalue weighted by atomic mass is 19.3. The Morgan fingerprint density at radius 2 is 2.06 bits per heavy atom. The van der Waals surface area contributed by atoms with Gasteiger partial charge in [-0.2, -0.15) is 8.78 Å². The zero-order chi connectivity index (χ0) is 13.3. The average Bonchev–Trinajstić information content (AvgIpc) is 2.24. The number of alkyl halides is 2. The largest absolute Gasteiger partial charge is 0.461 e. The zero-order valence-electron chi connectivity index (χ0n) is 10.5. The molecule has 0 aromatic carbocycles. The third-order valence-corrected chi connectivity index (χ3v) is 3.76. The van der Waals surface area contributed by atoms with Gasteiger partial charge < -0.3 is 9.84 Å². The van der Waals surface area contributed by atoms with E-state index in [1.807, 2.05) is 13.8 Å². The molecule has 1 aliphatic carbocycles. The molecule has 0 amide bonds. The first-order chi connectivity index (χ1) is 7.74. The Balaban J connectivity index is 2.85. The molecule has 0 aliphatic heterocycles. The molecule has 1 saturated carbocycles. The summed E-state index contributed by atoms with van der Waals surface area (Å²) in [6, 6.07) is 0. The number of rotatable bonds is 3.